The van der Waals surface area contributed by atoms with E-state index < -0.39 is 11.6 Å². The molecule has 102 valence electrons. The smallest absolute Gasteiger partial charge is 0.223 e. The molecule has 2 nitrogen and oxygen atoms in total. The van der Waals surface area contributed by atoms with Crippen LogP contribution >= 0.6 is 0 Å². The third-order valence-electron chi connectivity index (χ3n) is 3.63. The maximum atomic E-state index is 13.8. The van der Waals surface area contributed by atoms with Crippen molar-refractivity contribution in [2.24, 2.45) is 5.92 Å². The highest BCUT2D eigenvalue weighted by atomic mass is 19.2. The fourth-order valence-electron chi connectivity index (χ4n) is 2.53. The van der Waals surface area contributed by atoms with Crippen molar-refractivity contribution >= 4 is 5.91 Å². The van der Waals surface area contributed by atoms with E-state index in [-0.39, 0.29) is 17.7 Å². The number of hydrogen-bond donors (Lipinski definition) is 1. The van der Waals surface area contributed by atoms with E-state index in [4.69, 9.17) is 0 Å². The summed E-state index contributed by atoms with van der Waals surface area (Å²) in [5.74, 6) is -1.95. The van der Waals surface area contributed by atoms with E-state index in [1.807, 2.05) is 0 Å². The monoisotopic (exact) mass is 265 g/mol. The first kappa shape index (κ1) is 13.7. The van der Waals surface area contributed by atoms with Gasteiger partial charge in [-0.3, -0.25) is 4.79 Å². The molecule has 0 bridgehead atoms. The second kappa shape index (κ2) is 5.95. The molecule has 1 aromatic rings. The van der Waals surface area contributed by atoms with Gasteiger partial charge < -0.3 is 5.32 Å². The lowest BCUT2D eigenvalue weighted by Gasteiger charge is -2.15. The van der Waals surface area contributed by atoms with Crippen LogP contribution < -0.4 is 5.32 Å². The number of amides is 1. The lowest BCUT2D eigenvalue weighted by Crippen LogP contribution is -2.30. The molecule has 1 N–H and O–H groups in total. The minimum Gasteiger partial charge on any atom is -0.355 e. The Kier molecular flexibility index (Phi) is 4.30. The van der Waals surface area contributed by atoms with Gasteiger partial charge in [0, 0.05) is 18.4 Å². The maximum absolute atomic E-state index is 13.8. The molecule has 1 aliphatic heterocycles. The molecule has 19 heavy (non-hydrogen) atoms. The molecule has 0 aliphatic carbocycles. The van der Waals surface area contributed by atoms with Crippen LogP contribution in [0.1, 0.15) is 30.7 Å². The van der Waals surface area contributed by atoms with Crippen LogP contribution in [0.25, 0.3) is 0 Å². The minimum atomic E-state index is -0.837. The van der Waals surface area contributed by atoms with Crippen molar-refractivity contribution in [3.63, 3.8) is 0 Å². The molecule has 0 aromatic heterocycles. The molecule has 1 aromatic carbocycles. The Morgan fingerprint density at radius 2 is 2.16 bits per heavy atom. The molecule has 0 unspecified atom stereocenters. The van der Waals surface area contributed by atoms with E-state index in [1.54, 1.807) is 12.1 Å². The van der Waals surface area contributed by atoms with Gasteiger partial charge in [0.25, 0.3) is 0 Å². The summed E-state index contributed by atoms with van der Waals surface area (Å²) in [6.45, 7) is 3.99. The zero-order valence-electron chi connectivity index (χ0n) is 10.7. The first-order chi connectivity index (χ1) is 9.13. The van der Waals surface area contributed by atoms with Crippen LogP contribution in [0.4, 0.5) is 8.78 Å². The van der Waals surface area contributed by atoms with Crippen molar-refractivity contribution in [3.05, 3.63) is 48.1 Å². The number of carbonyl (C=O) groups is 1. The van der Waals surface area contributed by atoms with Crippen molar-refractivity contribution in [2.45, 2.75) is 25.2 Å². The van der Waals surface area contributed by atoms with Gasteiger partial charge in [-0.25, -0.2) is 8.78 Å². The van der Waals surface area contributed by atoms with Crippen LogP contribution in [-0.2, 0) is 4.79 Å². The number of nitrogens with one attached hydrogen (secondary N) is 1. The normalized spacial score (nSPS) is 23.6. The van der Waals surface area contributed by atoms with Crippen LogP contribution in [0.2, 0.25) is 0 Å². The van der Waals surface area contributed by atoms with Crippen LogP contribution in [-0.4, -0.2) is 12.5 Å². The van der Waals surface area contributed by atoms with Crippen LogP contribution in [0.5, 0.6) is 0 Å². The summed E-state index contributed by atoms with van der Waals surface area (Å²) in [6, 6.07) is 4.19. The number of allylic oxidation sites excluding steroid dienone is 1. The first-order valence-corrected chi connectivity index (χ1v) is 6.46. The zero-order valence-corrected chi connectivity index (χ0v) is 10.7. The number of halogens is 2. The fourth-order valence-corrected chi connectivity index (χ4v) is 2.53. The minimum absolute atomic E-state index is 0.0285. The molecule has 0 saturated carbocycles. The van der Waals surface area contributed by atoms with E-state index in [0.717, 1.165) is 6.07 Å². The highest BCUT2D eigenvalue weighted by Gasteiger charge is 2.26. The van der Waals surface area contributed by atoms with Crippen molar-refractivity contribution in [3.8, 4) is 0 Å². The molecule has 0 radical (unpaired) electrons. The highest BCUT2D eigenvalue weighted by Crippen LogP contribution is 2.29. The topological polar surface area (TPSA) is 29.1 Å². The lowest BCUT2D eigenvalue weighted by atomic mass is 9.90. The van der Waals surface area contributed by atoms with Gasteiger partial charge in [0.2, 0.25) is 5.91 Å². The largest absolute Gasteiger partial charge is 0.355 e. The van der Waals surface area contributed by atoms with Crippen molar-refractivity contribution in [1.29, 1.82) is 0 Å². The molecule has 4 heteroatoms. The summed E-state index contributed by atoms with van der Waals surface area (Å²) in [6.07, 6.45) is 3.66. The maximum Gasteiger partial charge on any atom is 0.223 e. The van der Waals surface area contributed by atoms with Gasteiger partial charge in [-0.1, -0.05) is 18.2 Å². The highest BCUT2D eigenvalue weighted by molar-refractivity contribution is 5.79. The molecule has 2 rings (SSSR count). The third-order valence-corrected chi connectivity index (χ3v) is 3.63. The Bertz CT molecular complexity index is 487. The van der Waals surface area contributed by atoms with Crippen LogP contribution in [0, 0.1) is 17.6 Å². The van der Waals surface area contributed by atoms with Crippen molar-refractivity contribution in [2.75, 3.05) is 6.54 Å². The van der Waals surface area contributed by atoms with Gasteiger partial charge in [0.1, 0.15) is 0 Å². The van der Waals surface area contributed by atoms with E-state index >= 15 is 0 Å². The molecule has 0 spiro atoms. The molecular weight excluding hydrogens is 248 g/mol. The summed E-state index contributed by atoms with van der Waals surface area (Å²) in [5, 5.41) is 2.80. The van der Waals surface area contributed by atoms with Gasteiger partial charge in [0.05, 0.1) is 0 Å². The van der Waals surface area contributed by atoms with E-state index in [0.29, 0.717) is 31.4 Å². The van der Waals surface area contributed by atoms with Crippen molar-refractivity contribution < 1.29 is 13.6 Å². The van der Waals surface area contributed by atoms with Gasteiger partial charge in [-0.15, -0.1) is 6.58 Å². The number of hydrogen-bond acceptors (Lipinski definition) is 1. The zero-order chi connectivity index (χ0) is 13.8. The second-order valence-corrected chi connectivity index (χ2v) is 4.88. The summed E-state index contributed by atoms with van der Waals surface area (Å²) in [4.78, 5) is 11.8. The Hall–Kier alpha value is -1.71. The summed E-state index contributed by atoms with van der Waals surface area (Å²) in [7, 11) is 0. The number of benzene rings is 1. The quantitative estimate of drug-likeness (QED) is 0.836. The van der Waals surface area contributed by atoms with Crippen LogP contribution in [0.15, 0.2) is 30.9 Å². The average molecular weight is 265 g/mol. The van der Waals surface area contributed by atoms with Gasteiger partial charge in [-0.2, -0.15) is 0 Å². The SMILES string of the molecule is C=CC[C@@H]1CC[C@H](c2cccc(F)c2F)CNC1=O. The summed E-state index contributed by atoms with van der Waals surface area (Å²) < 4.78 is 27.0. The number of rotatable bonds is 3. The second-order valence-electron chi connectivity index (χ2n) is 4.88. The standard InChI is InChI=1S/C15H17F2NO/c1-2-4-10-7-8-11(9-18-15(10)19)12-5-3-6-13(16)14(12)17/h2-3,5-6,10-11H,1,4,7-9H2,(H,18,19)/t10-,11+/m1/s1. The molecule has 2 atom stereocenters. The molecule has 1 heterocycles. The van der Waals surface area contributed by atoms with Gasteiger partial charge >= 0.3 is 0 Å². The predicted molar refractivity (Wildman–Crippen MR) is 69.6 cm³/mol. The van der Waals surface area contributed by atoms with Gasteiger partial charge in [0.15, 0.2) is 11.6 Å². The summed E-state index contributed by atoms with van der Waals surface area (Å²) in [5.41, 5.74) is 0.347. The average Bonchev–Trinajstić information content (AvgIpc) is 2.57. The Balaban J connectivity index is 2.16. The van der Waals surface area contributed by atoms with Crippen LogP contribution in [0.3, 0.4) is 0 Å². The molecule has 1 amide bonds. The van der Waals surface area contributed by atoms with Crippen molar-refractivity contribution in [1.82, 2.24) is 5.32 Å². The Morgan fingerprint density at radius 3 is 2.89 bits per heavy atom. The lowest BCUT2D eigenvalue weighted by molar-refractivity contribution is -0.124. The Labute approximate surface area is 111 Å². The predicted octanol–water partition coefficient (Wildman–Crippen LogP) is 3.15. The first-order valence-electron chi connectivity index (χ1n) is 6.46. The molecule has 1 fully saturated rings. The molecular formula is C15H17F2NO. The fraction of sp³-hybridized carbons (Fsp3) is 0.400. The number of carbonyl (C=O) groups excluding carboxylic acids is 1. The van der Waals surface area contributed by atoms with E-state index in [1.165, 1.54) is 6.07 Å². The molecule has 1 saturated heterocycles. The Morgan fingerprint density at radius 1 is 1.37 bits per heavy atom. The summed E-state index contributed by atoms with van der Waals surface area (Å²) >= 11 is 0. The third kappa shape index (κ3) is 3.00. The van der Waals surface area contributed by atoms with Gasteiger partial charge in [-0.05, 0) is 30.9 Å². The molecule has 1 aliphatic rings. The van der Waals surface area contributed by atoms with E-state index in [9.17, 15) is 13.6 Å². The van der Waals surface area contributed by atoms with E-state index in [2.05, 4.69) is 11.9 Å².